The monoisotopic (exact) mass is 548 g/mol. The first kappa shape index (κ1) is 31.8. The summed E-state index contributed by atoms with van der Waals surface area (Å²) in [6.45, 7) is 5.61. The lowest BCUT2D eigenvalue weighted by Gasteiger charge is -2.17. The van der Waals surface area contributed by atoms with Gasteiger partial charge in [-0.25, -0.2) is 4.79 Å². The van der Waals surface area contributed by atoms with Crippen molar-refractivity contribution in [1.29, 1.82) is 0 Å². The Morgan fingerprint density at radius 2 is 1.46 bits per heavy atom. The maximum absolute atomic E-state index is 12.6. The van der Waals surface area contributed by atoms with Crippen LogP contribution in [0.25, 0.3) is 0 Å². The number of esters is 4. The molecule has 1 aliphatic heterocycles. The van der Waals surface area contributed by atoms with Crippen LogP contribution in [0.5, 0.6) is 17.2 Å². The highest BCUT2D eigenvalue weighted by Gasteiger charge is 2.39. The number of benzene rings is 1. The van der Waals surface area contributed by atoms with Gasteiger partial charge in [-0.1, -0.05) is 32.1 Å². The van der Waals surface area contributed by atoms with Gasteiger partial charge in [-0.3, -0.25) is 19.2 Å². The molecule has 1 heterocycles. The summed E-state index contributed by atoms with van der Waals surface area (Å²) in [7, 11) is 1.39. The fraction of sp³-hybridized carbons (Fsp3) is 0.621. The molecule has 0 saturated carbocycles. The number of methoxy groups -OCH3 is 1. The molecule has 0 fully saturated rings. The van der Waals surface area contributed by atoms with Gasteiger partial charge in [0.2, 0.25) is 0 Å². The molecule has 0 unspecified atom stereocenters. The van der Waals surface area contributed by atoms with E-state index in [4.69, 9.17) is 23.7 Å². The van der Waals surface area contributed by atoms with Crippen molar-refractivity contribution in [3.63, 3.8) is 0 Å². The van der Waals surface area contributed by atoms with E-state index in [0.717, 1.165) is 44.9 Å². The summed E-state index contributed by atoms with van der Waals surface area (Å²) in [5, 5.41) is 0. The Bertz CT molecular complexity index is 1040. The number of hydrogen-bond acceptors (Lipinski definition) is 10. The number of ether oxygens (including phenoxy) is 5. The number of ketones is 1. The molecule has 0 saturated heterocycles. The molecular formula is C29H40O10. The molecule has 39 heavy (non-hydrogen) atoms. The van der Waals surface area contributed by atoms with Crippen LogP contribution in [0.4, 0.5) is 0 Å². The van der Waals surface area contributed by atoms with E-state index >= 15 is 0 Å². The summed E-state index contributed by atoms with van der Waals surface area (Å²) < 4.78 is 26.5. The minimum atomic E-state index is -0.652. The summed E-state index contributed by atoms with van der Waals surface area (Å²) >= 11 is 0. The first-order chi connectivity index (χ1) is 18.5. The van der Waals surface area contributed by atoms with E-state index in [1.54, 1.807) is 6.92 Å². The quantitative estimate of drug-likeness (QED) is 0.138. The zero-order valence-electron chi connectivity index (χ0n) is 23.6. The maximum atomic E-state index is 12.6. The summed E-state index contributed by atoms with van der Waals surface area (Å²) in [4.78, 5) is 59.0. The molecule has 1 aromatic carbocycles. The highest BCUT2D eigenvalue weighted by molar-refractivity contribution is 5.99. The van der Waals surface area contributed by atoms with E-state index in [1.165, 1.54) is 33.9 Å². The lowest BCUT2D eigenvalue weighted by molar-refractivity contribution is -0.146. The van der Waals surface area contributed by atoms with Crippen molar-refractivity contribution in [3.05, 3.63) is 17.2 Å². The predicted molar refractivity (Wildman–Crippen MR) is 141 cm³/mol. The van der Waals surface area contributed by atoms with Crippen molar-refractivity contribution < 1.29 is 47.7 Å². The van der Waals surface area contributed by atoms with Crippen molar-refractivity contribution >= 4 is 29.7 Å². The van der Waals surface area contributed by atoms with Crippen molar-refractivity contribution in [2.75, 3.05) is 7.11 Å². The highest BCUT2D eigenvalue weighted by atomic mass is 16.6. The van der Waals surface area contributed by atoms with Crippen molar-refractivity contribution in [2.45, 2.75) is 111 Å². The zero-order chi connectivity index (χ0) is 28.9. The number of cyclic esters (lactones) is 1. The van der Waals surface area contributed by atoms with Gasteiger partial charge in [-0.15, -0.1) is 0 Å². The molecule has 0 amide bonds. The van der Waals surface area contributed by atoms with Crippen LogP contribution >= 0.6 is 0 Å². The Hall–Kier alpha value is -3.43. The predicted octanol–water partition coefficient (Wildman–Crippen LogP) is 5.57. The van der Waals surface area contributed by atoms with E-state index in [2.05, 4.69) is 0 Å². The molecule has 2 atom stereocenters. The number of rotatable bonds is 17. The van der Waals surface area contributed by atoms with E-state index in [-0.39, 0.29) is 40.7 Å². The fourth-order valence-corrected chi connectivity index (χ4v) is 4.61. The van der Waals surface area contributed by atoms with Crippen LogP contribution in [0.1, 0.15) is 120 Å². The molecule has 0 N–H and O–H groups in total. The second-order valence-corrected chi connectivity index (χ2v) is 9.79. The summed E-state index contributed by atoms with van der Waals surface area (Å²) in [5.74, 6) is -1.76. The van der Waals surface area contributed by atoms with Crippen LogP contribution < -0.4 is 14.2 Å². The molecular weight excluding hydrogens is 508 g/mol. The Kier molecular flexibility index (Phi) is 12.9. The highest BCUT2D eigenvalue weighted by Crippen LogP contribution is 2.49. The normalized spacial score (nSPS) is 14.7. The van der Waals surface area contributed by atoms with Gasteiger partial charge < -0.3 is 23.7 Å². The van der Waals surface area contributed by atoms with Crippen molar-refractivity contribution in [3.8, 4) is 17.2 Å². The van der Waals surface area contributed by atoms with Crippen LogP contribution in [-0.2, 0) is 28.7 Å². The van der Waals surface area contributed by atoms with Gasteiger partial charge in [0, 0.05) is 39.7 Å². The van der Waals surface area contributed by atoms with E-state index in [0.29, 0.717) is 31.2 Å². The maximum Gasteiger partial charge on any atom is 0.343 e. The molecule has 2 rings (SSSR count). The minimum Gasteiger partial charge on any atom is -0.496 e. The SMILES string of the molecule is COc1cc(OC(C)=O)c(OC(C)=O)c2c1C(=O)O[C@@H]2CCCCCCCCCC(=O)CC[C@@H](C)OC(C)=O. The van der Waals surface area contributed by atoms with Gasteiger partial charge in [0.15, 0.2) is 11.5 Å². The lowest BCUT2D eigenvalue weighted by atomic mass is 9.97. The number of hydrogen-bond donors (Lipinski definition) is 0. The first-order valence-electron chi connectivity index (χ1n) is 13.5. The van der Waals surface area contributed by atoms with Gasteiger partial charge in [0.05, 0.1) is 18.8 Å². The standard InChI is InChI=1S/C29H40O10/c1-18(36-19(2)30)15-16-22(33)13-11-9-7-6-8-10-12-14-23-26-27(29(34)39-23)24(35-5)17-25(37-20(3)31)28(26)38-21(4)32/h17-18,23H,6-16H2,1-5H3/t18-,23-/m1/s1. The Labute approximate surface area is 229 Å². The first-order valence-corrected chi connectivity index (χ1v) is 13.5. The number of Topliss-reactive ketones (excluding diaryl/α,β-unsaturated/α-hetero) is 1. The summed E-state index contributed by atoms with van der Waals surface area (Å²) in [6.07, 6.45) is 7.72. The van der Waals surface area contributed by atoms with Gasteiger partial charge in [-0.05, 0) is 32.6 Å². The number of unbranched alkanes of at least 4 members (excludes halogenated alkanes) is 6. The van der Waals surface area contributed by atoms with Crippen LogP contribution in [0, 0.1) is 0 Å². The minimum absolute atomic E-state index is 0.000247. The van der Waals surface area contributed by atoms with E-state index < -0.39 is 24.0 Å². The van der Waals surface area contributed by atoms with Crippen LogP contribution in [0.3, 0.4) is 0 Å². The van der Waals surface area contributed by atoms with E-state index in [1.807, 2.05) is 0 Å². The second kappa shape index (κ2) is 15.9. The molecule has 10 nitrogen and oxygen atoms in total. The Morgan fingerprint density at radius 1 is 0.846 bits per heavy atom. The fourth-order valence-electron chi connectivity index (χ4n) is 4.61. The molecule has 10 heteroatoms. The molecule has 0 radical (unpaired) electrons. The molecule has 0 aromatic heterocycles. The average Bonchev–Trinajstić information content (AvgIpc) is 3.18. The van der Waals surface area contributed by atoms with Gasteiger partial charge in [0.1, 0.15) is 23.2 Å². The molecule has 0 aliphatic carbocycles. The van der Waals surface area contributed by atoms with Crippen molar-refractivity contribution in [2.24, 2.45) is 0 Å². The Balaban J connectivity index is 1.80. The molecule has 0 spiro atoms. The van der Waals surface area contributed by atoms with Gasteiger partial charge in [0.25, 0.3) is 0 Å². The number of carbonyl (C=O) groups is 5. The van der Waals surface area contributed by atoms with E-state index in [9.17, 15) is 24.0 Å². The van der Waals surface area contributed by atoms with Crippen LogP contribution in [0.15, 0.2) is 6.07 Å². The molecule has 216 valence electrons. The topological polar surface area (TPSA) is 132 Å². The average molecular weight is 549 g/mol. The largest absolute Gasteiger partial charge is 0.496 e. The third kappa shape index (κ3) is 10.3. The third-order valence-corrected chi connectivity index (χ3v) is 6.36. The smallest absolute Gasteiger partial charge is 0.343 e. The number of carbonyl (C=O) groups excluding carboxylic acids is 5. The third-order valence-electron chi connectivity index (χ3n) is 6.36. The lowest BCUT2D eigenvalue weighted by Crippen LogP contribution is -2.13. The summed E-state index contributed by atoms with van der Waals surface area (Å²) in [5.41, 5.74) is 0.530. The molecule has 0 bridgehead atoms. The van der Waals surface area contributed by atoms with Crippen molar-refractivity contribution in [1.82, 2.24) is 0 Å². The van der Waals surface area contributed by atoms with Gasteiger partial charge in [-0.2, -0.15) is 0 Å². The molecule has 1 aromatic rings. The zero-order valence-corrected chi connectivity index (χ0v) is 23.6. The van der Waals surface area contributed by atoms with Crippen LogP contribution in [-0.4, -0.2) is 42.9 Å². The van der Waals surface area contributed by atoms with Crippen LogP contribution in [0.2, 0.25) is 0 Å². The second-order valence-electron chi connectivity index (χ2n) is 9.79. The number of fused-ring (bicyclic) bond motifs is 1. The molecule has 1 aliphatic rings. The summed E-state index contributed by atoms with van der Waals surface area (Å²) in [6, 6.07) is 1.35. The van der Waals surface area contributed by atoms with Gasteiger partial charge >= 0.3 is 23.9 Å². The Morgan fingerprint density at radius 3 is 2.05 bits per heavy atom.